The summed E-state index contributed by atoms with van der Waals surface area (Å²) in [4.78, 5) is 2.64. The monoisotopic (exact) mass is 343 g/mol. The van der Waals surface area contributed by atoms with Gasteiger partial charge in [0.05, 0.1) is 0 Å². The molecule has 0 aromatic heterocycles. The lowest BCUT2D eigenvalue weighted by Gasteiger charge is -2.42. The van der Waals surface area contributed by atoms with Crippen molar-refractivity contribution in [1.82, 2.24) is 4.90 Å². The minimum atomic E-state index is 0.246. The van der Waals surface area contributed by atoms with Gasteiger partial charge in [0.15, 0.2) is 0 Å². The van der Waals surface area contributed by atoms with Gasteiger partial charge in [-0.1, -0.05) is 58.9 Å². The van der Waals surface area contributed by atoms with Gasteiger partial charge in [0.2, 0.25) is 0 Å². The van der Waals surface area contributed by atoms with Crippen molar-refractivity contribution >= 4 is 0 Å². The van der Waals surface area contributed by atoms with Gasteiger partial charge in [-0.3, -0.25) is 0 Å². The van der Waals surface area contributed by atoms with Crippen LogP contribution >= 0.6 is 0 Å². The largest absolute Gasteiger partial charge is 0.301 e. The molecule has 1 fully saturated rings. The summed E-state index contributed by atoms with van der Waals surface area (Å²) in [5.41, 5.74) is 3.80. The second kappa shape index (κ2) is 8.25. The molecule has 2 rings (SSSR count). The standard InChI is InChI=1S/C24H41N/c1-19(2)25-17-14-21(15-18-25)24(6,7)16-10-12-20-11-8-9-13-22(20)23(3,4)5/h8-9,11,13,19,21H,10,12,14-18H2,1-7H3. The van der Waals surface area contributed by atoms with Gasteiger partial charge in [0.25, 0.3) is 0 Å². The third-order valence-electron chi connectivity index (χ3n) is 6.46. The number of hydrogen-bond donors (Lipinski definition) is 0. The minimum Gasteiger partial charge on any atom is -0.301 e. The predicted molar refractivity (Wildman–Crippen MR) is 111 cm³/mol. The summed E-state index contributed by atoms with van der Waals surface area (Å²) in [7, 11) is 0. The Morgan fingerprint density at radius 3 is 2.16 bits per heavy atom. The van der Waals surface area contributed by atoms with Crippen LogP contribution < -0.4 is 0 Å². The van der Waals surface area contributed by atoms with Crippen LogP contribution in [-0.2, 0) is 11.8 Å². The molecule has 142 valence electrons. The van der Waals surface area contributed by atoms with Gasteiger partial charge < -0.3 is 4.90 Å². The van der Waals surface area contributed by atoms with Crippen molar-refractivity contribution in [2.24, 2.45) is 11.3 Å². The Balaban J connectivity index is 1.89. The van der Waals surface area contributed by atoms with Crippen molar-refractivity contribution in [2.45, 2.75) is 92.0 Å². The number of aryl methyl sites for hydroxylation is 1. The number of benzene rings is 1. The lowest BCUT2D eigenvalue weighted by atomic mass is 9.70. The highest BCUT2D eigenvalue weighted by molar-refractivity contribution is 5.32. The van der Waals surface area contributed by atoms with Gasteiger partial charge in [0, 0.05) is 6.04 Å². The Labute approximate surface area is 157 Å². The van der Waals surface area contributed by atoms with E-state index in [4.69, 9.17) is 0 Å². The molecule has 0 spiro atoms. The van der Waals surface area contributed by atoms with E-state index in [0.29, 0.717) is 11.5 Å². The van der Waals surface area contributed by atoms with Gasteiger partial charge in [-0.25, -0.2) is 0 Å². The third-order valence-corrected chi connectivity index (χ3v) is 6.46. The molecule has 0 aliphatic carbocycles. The zero-order chi connectivity index (χ0) is 18.7. The first kappa shape index (κ1) is 20.5. The molecule has 0 saturated carbocycles. The van der Waals surface area contributed by atoms with Crippen LogP contribution in [0.5, 0.6) is 0 Å². The Bertz CT molecular complexity index is 527. The number of hydrogen-bond acceptors (Lipinski definition) is 1. The summed E-state index contributed by atoms with van der Waals surface area (Å²) >= 11 is 0. The van der Waals surface area contributed by atoms with E-state index in [1.807, 2.05) is 0 Å². The highest BCUT2D eigenvalue weighted by atomic mass is 15.1. The van der Waals surface area contributed by atoms with Crippen LogP contribution in [0.25, 0.3) is 0 Å². The average molecular weight is 344 g/mol. The van der Waals surface area contributed by atoms with E-state index in [9.17, 15) is 0 Å². The fraction of sp³-hybridized carbons (Fsp3) is 0.750. The number of piperidine rings is 1. The topological polar surface area (TPSA) is 3.24 Å². The lowest BCUT2D eigenvalue weighted by Crippen LogP contribution is -2.42. The van der Waals surface area contributed by atoms with Crippen molar-refractivity contribution < 1.29 is 0 Å². The van der Waals surface area contributed by atoms with Crippen LogP contribution in [0.2, 0.25) is 0 Å². The summed E-state index contributed by atoms with van der Waals surface area (Å²) in [6, 6.07) is 9.77. The Hall–Kier alpha value is -0.820. The van der Waals surface area contributed by atoms with Crippen LogP contribution in [-0.4, -0.2) is 24.0 Å². The van der Waals surface area contributed by atoms with E-state index >= 15 is 0 Å². The summed E-state index contributed by atoms with van der Waals surface area (Å²) < 4.78 is 0. The summed E-state index contributed by atoms with van der Waals surface area (Å²) in [5.74, 6) is 0.889. The van der Waals surface area contributed by atoms with E-state index in [1.165, 1.54) is 50.8 Å². The Morgan fingerprint density at radius 1 is 1.00 bits per heavy atom. The maximum absolute atomic E-state index is 2.64. The fourth-order valence-electron chi connectivity index (χ4n) is 4.61. The second-order valence-electron chi connectivity index (χ2n) is 10.2. The van der Waals surface area contributed by atoms with Gasteiger partial charge in [0.1, 0.15) is 0 Å². The van der Waals surface area contributed by atoms with Gasteiger partial charge >= 0.3 is 0 Å². The fourth-order valence-corrected chi connectivity index (χ4v) is 4.61. The van der Waals surface area contributed by atoms with Crippen molar-refractivity contribution in [3.05, 3.63) is 35.4 Å². The van der Waals surface area contributed by atoms with Crippen LogP contribution in [0, 0.1) is 11.3 Å². The molecule has 1 aliphatic heterocycles. The molecule has 1 aliphatic rings. The Kier molecular flexibility index (Phi) is 6.76. The normalized spacial score (nSPS) is 18.1. The van der Waals surface area contributed by atoms with E-state index in [2.05, 4.69) is 77.6 Å². The molecule has 1 aromatic carbocycles. The number of nitrogens with zero attached hydrogens (tertiary/aromatic N) is 1. The molecule has 0 atom stereocenters. The third kappa shape index (κ3) is 5.58. The molecule has 1 nitrogen and oxygen atoms in total. The van der Waals surface area contributed by atoms with Crippen LogP contribution in [0.3, 0.4) is 0 Å². The summed E-state index contributed by atoms with van der Waals surface area (Å²) in [6.07, 6.45) is 6.64. The van der Waals surface area contributed by atoms with Gasteiger partial charge in [-0.05, 0) is 86.9 Å². The predicted octanol–water partition coefficient (Wildman–Crippen LogP) is 6.45. The quantitative estimate of drug-likeness (QED) is 0.573. The molecule has 1 heteroatoms. The minimum absolute atomic E-state index is 0.246. The van der Waals surface area contributed by atoms with E-state index in [-0.39, 0.29) is 5.41 Å². The first-order chi connectivity index (χ1) is 11.6. The first-order valence-electron chi connectivity index (χ1n) is 10.4. The zero-order valence-corrected chi connectivity index (χ0v) is 17.9. The molecule has 25 heavy (non-hydrogen) atoms. The second-order valence-corrected chi connectivity index (χ2v) is 10.2. The molecular weight excluding hydrogens is 302 g/mol. The van der Waals surface area contributed by atoms with E-state index < -0.39 is 0 Å². The van der Waals surface area contributed by atoms with E-state index in [1.54, 1.807) is 5.56 Å². The molecule has 0 N–H and O–H groups in total. The highest BCUT2D eigenvalue weighted by Crippen LogP contribution is 2.39. The van der Waals surface area contributed by atoms with Gasteiger partial charge in [-0.2, -0.15) is 0 Å². The maximum Gasteiger partial charge on any atom is 0.00385 e. The highest BCUT2D eigenvalue weighted by Gasteiger charge is 2.32. The molecule has 0 radical (unpaired) electrons. The molecular formula is C24H41N. The smallest absolute Gasteiger partial charge is 0.00385 e. The van der Waals surface area contributed by atoms with Crippen LogP contribution in [0.4, 0.5) is 0 Å². The van der Waals surface area contributed by atoms with Crippen molar-refractivity contribution in [3.63, 3.8) is 0 Å². The molecule has 0 unspecified atom stereocenters. The van der Waals surface area contributed by atoms with Crippen molar-refractivity contribution in [3.8, 4) is 0 Å². The first-order valence-corrected chi connectivity index (χ1v) is 10.4. The summed E-state index contributed by atoms with van der Waals surface area (Å²) in [6.45, 7) is 19.3. The van der Waals surface area contributed by atoms with Crippen LogP contribution in [0.1, 0.15) is 85.3 Å². The maximum atomic E-state index is 2.64. The molecule has 0 amide bonds. The Morgan fingerprint density at radius 2 is 1.60 bits per heavy atom. The van der Waals surface area contributed by atoms with Crippen molar-refractivity contribution in [1.29, 1.82) is 0 Å². The molecule has 1 saturated heterocycles. The zero-order valence-electron chi connectivity index (χ0n) is 17.9. The number of rotatable bonds is 6. The summed E-state index contributed by atoms with van der Waals surface area (Å²) in [5, 5.41) is 0. The van der Waals surface area contributed by atoms with Gasteiger partial charge in [-0.15, -0.1) is 0 Å². The number of likely N-dealkylation sites (tertiary alicyclic amines) is 1. The lowest BCUT2D eigenvalue weighted by molar-refractivity contribution is 0.0768. The SMILES string of the molecule is CC(C)N1CCC(C(C)(C)CCCc2ccccc2C(C)(C)C)CC1. The van der Waals surface area contributed by atoms with Crippen molar-refractivity contribution in [2.75, 3.05) is 13.1 Å². The molecule has 0 bridgehead atoms. The van der Waals surface area contributed by atoms with Crippen LogP contribution in [0.15, 0.2) is 24.3 Å². The average Bonchev–Trinajstić information content (AvgIpc) is 2.54. The van der Waals surface area contributed by atoms with E-state index in [0.717, 1.165) is 5.92 Å². The molecule has 1 aromatic rings. The molecule has 1 heterocycles.